The predicted molar refractivity (Wildman–Crippen MR) is 217 cm³/mol. The lowest BCUT2D eigenvalue weighted by Gasteiger charge is -2.26. The van der Waals surface area contributed by atoms with Crippen molar-refractivity contribution in [2.24, 2.45) is 0 Å². The van der Waals surface area contributed by atoms with Gasteiger partial charge in [0.2, 0.25) is 0 Å². The van der Waals surface area contributed by atoms with E-state index in [1.807, 2.05) is 11.3 Å². The topological polar surface area (TPSA) is 3.24 Å². The zero-order valence-electron chi connectivity index (χ0n) is 27.3. The van der Waals surface area contributed by atoms with Crippen LogP contribution in [0, 0.1) is 0 Å². The SMILES string of the molecule is c1ccc2cc(-c3ccc(N(c4ccc(-c5ccc6ccccc6c5)cc4)c4ccc5c(c4)sc4cc6ccccc6cc45)cc3)ccc2c1. The minimum Gasteiger partial charge on any atom is -0.310 e. The van der Waals surface area contributed by atoms with Crippen molar-refractivity contribution in [3.63, 3.8) is 0 Å². The van der Waals surface area contributed by atoms with Crippen LogP contribution in [0.3, 0.4) is 0 Å². The molecule has 1 aromatic heterocycles. The molecule has 0 fully saturated rings. The number of nitrogens with zero attached hydrogens (tertiary/aromatic N) is 1. The fraction of sp³-hybridized carbons (Fsp3) is 0. The monoisotopic (exact) mass is 653 g/mol. The number of fused-ring (bicyclic) bond motifs is 6. The molecular formula is C48H31NS. The van der Waals surface area contributed by atoms with Gasteiger partial charge in [0.1, 0.15) is 0 Å². The molecule has 0 saturated carbocycles. The lowest BCUT2D eigenvalue weighted by Crippen LogP contribution is -2.09. The van der Waals surface area contributed by atoms with Gasteiger partial charge in [0, 0.05) is 37.2 Å². The average Bonchev–Trinajstić information content (AvgIpc) is 3.53. The maximum atomic E-state index is 2.38. The van der Waals surface area contributed by atoms with Gasteiger partial charge in [-0.05, 0) is 115 Å². The second-order valence-corrected chi connectivity index (χ2v) is 14.1. The van der Waals surface area contributed by atoms with Gasteiger partial charge in [-0.1, -0.05) is 127 Å². The van der Waals surface area contributed by atoms with E-state index in [9.17, 15) is 0 Å². The first-order valence-electron chi connectivity index (χ1n) is 17.1. The third-order valence-corrected chi connectivity index (χ3v) is 11.1. The molecule has 0 bridgehead atoms. The Morgan fingerprint density at radius 2 is 0.700 bits per heavy atom. The van der Waals surface area contributed by atoms with Gasteiger partial charge in [0.15, 0.2) is 0 Å². The van der Waals surface area contributed by atoms with E-state index in [4.69, 9.17) is 0 Å². The molecule has 2 heteroatoms. The van der Waals surface area contributed by atoms with Crippen molar-refractivity contribution in [1.29, 1.82) is 0 Å². The largest absolute Gasteiger partial charge is 0.310 e. The minimum atomic E-state index is 1.12. The predicted octanol–water partition coefficient (Wildman–Crippen LogP) is 14.3. The zero-order chi connectivity index (χ0) is 33.0. The summed E-state index contributed by atoms with van der Waals surface area (Å²) in [6, 6.07) is 68.8. The van der Waals surface area contributed by atoms with Crippen LogP contribution in [-0.4, -0.2) is 0 Å². The number of hydrogen-bond donors (Lipinski definition) is 0. The number of hydrogen-bond acceptors (Lipinski definition) is 2. The Morgan fingerprint density at radius 1 is 0.280 bits per heavy atom. The van der Waals surface area contributed by atoms with E-state index >= 15 is 0 Å². The highest BCUT2D eigenvalue weighted by Gasteiger charge is 2.16. The van der Waals surface area contributed by atoms with Gasteiger partial charge in [0.25, 0.3) is 0 Å². The molecule has 10 rings (SSSR count). The summed E-state index contributed by atoms with van der Waals surface area (Å²) < 4.78 is 2.61. The van der Waals surface area contributed by atoms with Crippen LogP contribution in [0.4, 0.5) is 17.1 Å². The Balaban J connectivity index is 1.08. The highest BCUT2D eigenvalue weighted by Crippen LogP contribution is 2.42. The highest BCUT2D eigenvalue weighted by atomic mass is 32.1. The van der Waals surface area contributed by atoms with Gasteiger partial charge in [-0.25, -0.2) is 0 Å². The summed E-state index contributed by atoms with van der Waals surface area (Å²) in [5.74, 6) is 0. The molecule has 234 valence electrons. The molecule has 0 amide bonds. The number of benzene rings is 9. The maximum absolute atomic E-state index is 2.38. The third-order valence-electron chi connectivity index (χ3n) is 10.00. The molecule has 0 saturated heterocycles. The molecule has 0 atom stereocenters. The Morgan fingerprint density at radius 3 is 1.24 bits per heavy atom. The molecule has 1 heterocycles. The van der Waals surface area contributed by atoms with E-state index in [0.29, 0.717) is 0 Å². The first-order chi connectivity index (χ1) is 24.7. The summed E-state index contributed by atoms with van der Waals surface area (Å²) >= 11 is 1.87. The van der Waals surface area contributed by atoms with Crippen molar-refractivity contribution in [2.75, 3.05) is 4.90 Å². The number of thiophene rings is 1. The van der Waals surface area contributed by atoms with Crippen molar-refractivity contribution in [3.8, 4) is 22.3 Å². The van der Waals surface area contributed by atoms with Gasteiger partial charge >= 0.3 is 0 Å². The Bertz CT molecular complexity index is 2740. The highest BCUT2D eigenvalue weighted by molar-refractivity contribution is 7.25. The summed E-state index contributed by atoms with van der Waals surface area (Å²) in [4.78, 5) is 2.38. The van der Waals surface area contributed by atoms with E-state index in [1.54, 1.807) is 0 Å². The second-order valence-electron chi connectivity index (χ2n) is 13.0. The molecule has 0 unspecified atom stereocenters. The number of rotatable bonds is 5. The van der Waals surface area contributed by atoms with Crippen molar-refractivity contribution in [2.45, 2.75) is 0 Å². The summed E-state index contributed by atoms with van der Waals surface area (Å²) in [5.41, 5.74) is 8.25. The molecule has 0 radical (unpaired) electrons. The molecule has 0 spiro atoms. The molecule has 10 aromatic rings. The Hall–Kier alpha value is -6.22. The molecule has 0 aliphatic heterocycles. The Kier molecular flexibility index (Phi) is 6.75. The fourth-order valence-corrected chi connectivity index (χ4v) is 8.55. The quantitative estimate of drug-likeness (QED) is 0.179. The summed E-state index contributed by atoms with van der Waals surface area (Å²) in [6.07, 6.45) is 0. The molecule has 9 aromatic carbocycles. The van der Waals surface area contributed by atoms with Crippen LogP contribution in [0.1, 0.15) is 0 Å². The molecule has 0 aliphatic rings. The van der Waals surface area contributed by atoms with Gasteiger partial charge in [-0.3, -0.25) is 0 Å². The summed E-state index contributed by atoms with van der Waals surface area (Å²) in [5, 5.41) is 10.2. The average molecular weight is 654 g/mol. The van der Waals surface area contributed by atoms with Crippen molar-refractivity contribution in [3.05, 3.63) is 188 Å². The molecule has 1 nitrogen and oxygen atoms in total. The second kappa shape index (κ2) is 11.7. The van der Waals surface area contributed by atoms with E-state index < -0.39 is 0 Å². The van der Waals surface area contributed by atoms with Crippen LogP contribution in [0.5, 0.6) is 0 Å². The third kappa shape index (κ3) is 5.01. The van der Waals surface area contributed by atoms with Crippen LogP contribution in [-0.2, 0) is 0 Å². The molecule has 0 N–H and O–H groups in total. The zero-order valence-corrected chi connectivity index (χ0v) is 28.1. The van der Waals surface area contributed by atoms with Crippen molar-refractivity contribution < 1.29 is 0 Å². The standard InChI is InChI=1S/C48H31NS/c1-3-9-36-27-40(15-13-32(36)7-1)34-17-21-42(22-18-34)49(43-23-19-35(20-24-43)41-16-14-33-8-2-4-10-37(33)28-41)44-25-26-45-46-29-38-11-5-6-12-39(38)30-47(46)50-48(45)31-44/h1-31H. The van der Waals surface area contributed by atoms with E-state index in [0.717, 1.165) is 17.1 Å². The molecule has 50 heavy (non-hydrogen) atoms. The first kappa shape index (κ1) is 28.8. The van der Waals surface area contributed by atoms with Crippen LogP contribution < -0.4 is 4.90 Å². The van der Waals surface area contributed by atoms with E-state index in [-0.39, 0.29) is 0 Å². The van der Waals surface area contributed by atoms with Gasteiger partial charge in [-0.2, -0.15) is 0 Å². The van der Waals surface area contributed by atoms with Gasteiger partial charge in [-0.15, -0.1) is 11.3 Å². The fourth-order valence-electron chi connectivity index (χ4n) is 7.38. The summed E-state index contributed by atoms with van der Waals surface area (Å²) in [7, 11) is 0. The van der Waals surface area contributed by atoms with Crippen LogP contribution in [0.15, 0.2) is 188 Å². The van der Waals surface area contributed by atoms with Crippen LogP contribution >= 0.6 is 11.3 Å². The first-order valence-corrected chi connectivity index (χ1v) is 17.9. The molecule has 0 aliphatic carbocycles. The van der Waals surface area contributed by atoms with Crippen molar-refractivity contribution in [1.82, 2.24) is 0 Å². The van der Waals surface area contributed by atoms with Crippen molar-refractivity contribution >= 4 is 80.9 Å². The Labute approximate surface area is 294 Å². The van der Waals surface area contributed by atoms with E-state index in [2.05, 4.69) is 193 Å². The lowest BCUT2D eigenvalue weighted by atomic mass is 10.00. The maximum Gasteiger partial charge on any atom is 0.0476 e. The van der Waals surface area contributed by atoms with Gasteiger partial charge < -0.3 is 4.90 Å². The smallest absolute Gasteiger partial charge is 0.0476 e. The van der Waals surface area contributed by atoms with E-state index in [1.165, 1.54) is 74.7 Å². The van der Waals surface area contributed by atoms with Crippen LogP contribution in [0.2, 0.25) is 0 Å². The van der Waals surface area contributed by atoms with Crippen LogP contribution in [0.25, 0.3) is 74.7 Å². The normalized spacial score (nSPS) is 11.6. The lowest BCUT2D eigenvalue weighted by molar-refractivity contribution is 1.29. The minimum absolute atomic E-state index is 1.12. The van der Waals surface area contributed by atoms with Gasteiger partial charge in [0.05, 0.1) is 0 Å². The molecular weight excluding hydrogens is 623 g/mol. The number of anilines is 3. The summed E-state index contributed by atoms with van der Waals surface area (Å²) in [6.45, 7) is 0.